The topological polar surface area (TPSA) is 63.1 Å². The van der Waals surface area contributed by atoms with Crippen molar-refractivity contribution in [1.29, 1.82) is 0 Å². The van der Waals surface area contributed by atoms with Crippen molar-refractivity contribution in [3.05, 3.63) is 6.33 Å². The first-order valence-electron chi connectivity index (χ1n) is 1.68. The monoisotopic (exact) mass is 150 g/mol. The first-order valence-corrected chi connectivity index (χ1v) is 3.56. The molecular formula is C2H2N2O2S2. The number of nitrogens with zero attached hydrogens (tertiary/aromatic N) is 2. The maximum absolute atomic E-state index is 10.1. The number of rotatable bonds is 1. The predicted molar refractivity (Wildman–Crippen MR) is 28.9 cm³/mol. The predicted octanol–water partition coefficient (Wildman–Crippen LogP) is 0.119. The normalized spacial score (nSPS) is 13.6. The maximum atomic E-state index is 10.1. The van der Waals surface area contributed by atoms with Gasteiger partial charge >= 0.3 is 0 Å². The summed E-state index contributed by atoms with van der Waals surface area (Å²) in [5, 5.41) is 0. The van der Waals surface area contributed by atoms with Crippen molar-refractivity contribution in [3.8, 4) is 0 Å². The van der Waals surface area contributed by atoms with Gasteiger partial charge in [0.25, 0.3) is 0 Å². The largest absolute Gasteiger partial charge is 0.300 e. The highest BCUT2D eigenvalue weighted by molar-refractivity contribution is 7.81. The van der Waals surface area contributed by atoms with Crippen LogP contribution in [0, 0.1) is 0 Å². The zero-order valence-electron chi connectivity index (χ0n) is 3.64. The van der Waals surface area contributed by atoms with Gasteiger partial charge in [-0.25, -0.2) is 9.19 Å². The summed E-state index contributed by atoms with van der Waals surface area (Å²) in [6.07, 6.45) is 1.24. The lowest BCUT2D eigenvalue weighted by Gasteiger charge is -1.76. The minimum Gasteiger partial charge on any atom is -0.300 e. The van der Waals surface area contributed by atoms with Gasteiger partial charge in [0.05, 0.1) is 0 Å². The molecule has 1 heterocycles. The van der Waals surface area contributed by atoms with E-state index in [0.29, 0.717) is 0 Å². The van der Waals surface area contributed by atoms with E-state index < -0.39 is 11.1 Å². The first kappa shape index (κ1) is 5.80. The number of hydrogen-bond acceptors (Lipinski definition) is 4. The van der Waals surface area contributed by atoms with Gasteiger partial charge in [0.15, 0.2) is 0 Å². The van der Waals surface area contributed by atoms with Crippen LogP contribution in [0.2, 0.25) is 0 Å². The van der Waals surface area contributed by atoms with Crippen molar-refractivity contribution in [3.63, 3.8) is 0 Å². The van der Waals surface area contributed by atoms with Gasteiger partial charge in [-0.2, -0.15) is 4.37 Å². The average Bonchev–Trinajstić information content (AvgIpc) is 2.12. The molecule has 1 unspecified atom stereocenters. The van der Waals surface area contributed by atoms with Crippen LogP contribution in [0.5, 0.6) is 0 Å². The third kappa shape index (κ3) is 1.09. The Kier molecular flexibility index (Phi) is 1.66. The van der Waals surface area contributed by atoms with E-state index in [9.17, 15) is 4.21 Å². The van der Waals surface area contributed by atoms with Crippen LogP contribution in [0.15, 0.2) is 10.7 Å². The molecule has 44 valence electrons. The Hall–Kier alpha value is -0.330. The van der Waals surface area contributed by atoms with Crippen LogP contribution >= 0.6 is 11.5 Å². The Morgan fingerprint density at radius 1 is 1.88 bits per heavy atom. The number of aromatic nitrogens is 2. The van der Waals surface area contributed by atoms with E-state index in [1.54, 1.807) is 0 Å². The summed E-state index contributed by atoms with van der Waals surface area (Å²) in [4.78, 5) is 3.47. The van der Waals surface area contributed by atoms with Gasteiger partial charge < -0.3 is 4.55 Å². The molecule has 0 saturated carbocycles. The Balaban J connectivity index is 2.93. The molecule has 0 aliphatic heterocycles. The van der Waals surface area contributed by atoms with Crippen molar-refractivity contribution in [1.82, 2.24) is 9.36 Å². The Bertz CT molecular complexity index is 184. The Morgan fingerprint density at radius 2 is 2.62 bits per heavy atom. The Labute approximate surface area is 52.0 Å². The van der Waals surface area contributed by atoms with Gasteiger partial charge in [-0.1, -0.05) is 0 Å². The SMILES string of the molecule is O=S(O)c1ncns1. The summed E-state index contributed by atoms with van der Waals surface area (Å²) < 4.78 is 22.0. The molecule has 0 aliphatic rings. The van der Waals surface area contributed by atoms with Crippen molar-refractivity contribution < 1.29 is 8.76 Å². The molecule has 0 aromatic carbocycles. The van der Waals surface area contributed by atoms with Crippen molar-refractivity contribution >= 4 is 22.6 Å². The lowest BCUT2D eigenvalue weighted by molar-refractivity contribution is 0.563. The highest BCUT2D eigenvalue weighted by atomic mass is 32.2. The second-order valence-corrected chi connectivity index (χ2v) is 2.88. The molecule has 1 aromatic rings. The second kappa shape index (κ2) is 2.29. The molecule has 6 heteroatoms. The Morgan fingerprint density at radius 3 is 2.88 bits per heavy atom. The maximum Gasteiger partial charge on any atom is 0.228 e. The third-order valence-electron chi connectivity index (χ3n) is 0.490. The van der Waals surface area contributed by atoms with Gasteiger partial charge in [-0.3, -0.25) is 0 Å². The molecule has 1 N–H and O–H groups in total. The molecule has 0 amide bonds. The highest BCUT2D eigenvalue weighted by Crippen LogP contribution is 2.02. The molecular weight excluding hydrogens is 148 g/mol. The molecule has 1 atom stereocenters. The van der Waals surface area contributed by atoms with E-state index in [1.165, 1.54) is 6.33 Å². The minimum atomic E-state index is -1.95. The lowest BCUT2D eigenvalue weighted by Crippen LogP contribution is -1.83. The van der Waals surface area contributed by atoms with Crippen LogP contribution < -0.4 is 0 Å². The summed E-state index contributed by atoms with van der Waals surface area (Å²) in [5.41, 5.74) is 0. The molecule has 4 nitrogen and oxygen atoms in total. The quantitative estimate of drug-likeness (QED) is 0.577. The van der Waals surface area contributed by atoms with E-state index in [4.69, 9.17) is 4.55 Å². The minimum absolute atomic E-state index is 0.144. The molecule has 0 bridgehead atoms. The van der Waals surface area contributed by atoms with Gasteiger partial charge in [-0.15, -0.1) is 0 Å². The molecule has 1 aromatic heterocycles. The first-order chi connectivity index (χ1) is 3.80. The van der Waals surface area contributed by atoms with Gasteiger partial charge in [0.1, 0.15) is 6.33 Å². The summed E-state index contributed by atoms with van der Waals surface area (Å²) >= 11 is -1.03. The fourth-order valence-electron chi connectivity index (χ4n) is 0.240. The lowest BCUT2D eigenvalue weighted by atomic mass is 11.3. The summed E-state index contributed by atoms with van der Waals surface area (Å²) in [5.74, 6) is 0. The zero-order valence-corrected chi connectivity index (χ0v) is 5.28. The van der Waals surface area contributed by atoms with Gasteiger partial charge in [0, 0.05) is 0 Å². The van der Waals surface area contributed by atoms with Crippen molar-refractivity contribution in [2.45, 2.75) is 4.34 Å². The molecule has 0 fully saturated rings. The van der Waals surface area contributed by atoms with Crippen molar-refractivity contribution in [2.75, 3.05) is 0 Å². The van der Waals surface area contributed by atoms with E-state index >= 15 is 0 Å². The van der Waals surface area contributed by atoms with E-state index in [0.717, 1.165) is 11.5 Å². The van der Waals surface area contributed by atoms with Crippen LogP contribution in [0.25, 0.3) is 0 Å². The van der Waals surface area contributed by atoms with Crippen LogP contribution in [0.3, 0.4) is 0 Å². The molecule has 1 rings (SSSR count). The number of hydrogen-bond donors (Lipinski definition) is 1. The van der Waals surface area contributed by atoms with Crippen LogP contribution in [0.4, 0.5) is 0 Å². The standard InChI is InChI=1S/C2H2N2O2S2/c5-8(6)2-3-1-4-7-2/h1H,(H,5,6). The van der Waals surface area contributed by atoms with Crippen molar-refractivity contribution in [2.24, 2.45) is 0 Å². The van der Waals surface area contributed by atoms with E-state index in [2.05, 4.69) is 9.36 Å². The van der Waals surface area contributed by atoms with Gasteiger partial charge in [0.2, 0.25) is 15.4 Å². The summed E-state index contributed by atoms with van der Waals surface area (Å²) in [6, 6.07) is 0. The molecule has 0 radical (unpaired) electrons. The molecule has 0 saturated heterocycles. The smallest absolute Gasteiger partial charge is 0.228 e. The van der Waals surface area contributed by atoms with Crippen LogP contribution in [-0.4, -0.2) is 18.1 Å². The average molecular weight is 150 g/mol. The fourth-order valence-corrected chi connectivity index (χ4v) is 1.04. The highest BCUT2D eigenvalue weighted by Gasteiger charge is 2.00. The third-order valence-corrected chi connectivity index (χ3v) is 2.01. The van der Waals surface area contributed by atoms with E-state index in [-0.39, 0.29) is 4.34 Å². The van der Waals surface area contributed by atoms with Crippen LogP contribution in [0.1, 0.15) is 0 Å². The second-order valence-electron chi connectivity index (χ2n) is 0.956. The van der Waals surface area contributed by atoms with Gasteiger partial charge in [-0.05, 0) is 11.5 Å². The molecule has 0 aliphatic carbocycles. The summed E-state index contributed by atoms with van der Waals surface area (Å²) in [7, 11) is 0. The zero-order chi connectivity index (χ0) is 5.98. The molecule has 0 spiro atoms. The van der Waals surface area contributed by atoms with Crippen LogP contribution in [-0.2, 0) is 11.1 Å². The molecule has 8 heavy (non-hydrogen) atoms. The fraction of sp³-hybridized carbons (Fsp3) is 0. The van der Waals surface area contributed by atoms with E-state index in [1.807, 2.05) is 0 Å². The summed E-state index contributed by atoms with van der Waals surface area (Å²) in [6.45, 7) is 0.